The van der Waals surface area contributed by atoms with Crippen molar-refractivity contribution in [3.05, 3.63) is 77.6 Å². The predicted octanol–water partition coefficient (Wildman–Crippen LogP) is 4.05. The first-order chi connectivity index (χ1) is 14.7. The van der Waals surface area contributed by atoms with Crippen molar-refractivity contribution in [3.63, 3.8) is 0 Å². The Bertz CT molecular complexity index is 1120. The van der Waals surface area contributed by atoms with Crippen molar-refractivity contribution < 1.29 is 19.3 Å². The number of fused-ring (bicyclic) bond motifs is 3. The highest BCUT2D eigenvalue weighted by Crippen LogP contribution is 2.50. The second-order valence-corrected chi connectivity index (χ2v) is 7.14. The zero-order chi connectivity index (χ0) is 20.7. The number of ether oxygens (including phenoxy) is 3. The number of hydrogen-bond donors (Lipinski definition) is 1. The van der Waals surface area contributed by atoms with Crippen molar-refractivity contribution in [2.24, 2.45) is 5.10 Å². The Morgan fingerprint density at radius 1 is 1.03 bits per heavy atom. The van der Waals surface area contributed by atoms with Gasteiger partial charge in [0.05, 0.1) is 26.0 Å². The SMILES string of the molecule is COc1cc(C2=NN3C(C2)c2cccc(OC)c2OC3c2ccccn2)ccc1O. The maximum atomic E-state index is 9.95. The first-order valence-corrected chi connectivity index (χ1v) is 9.67. The summed E-state index contributed by atoms with van der Waals surface area (Å²) in [6.07, 6.45) is 1.95. The van der Waals surface area contributed by atoms with Gasteiger partial charge in [0.1, 0.15) is 5.69 Å². The summed E-state index contributed by atoms with van der Waals surface area (Å²) in [5, 5.41) is 16.8. The molecule has 0 spiro atoms. The zero-order valence-electron chi connectivity index (χ0n) is 16.6. The van der Waals surface area contributed by atoms with Gasteiger partial charge in [-0.1, -0.05) is 18.2 Å². The van der Waals surface area contributed by atoms with Crippen LogP contribution in [0.15, 0.2) is 65.9 Å². The fraction of sp³-hybridized carbons (Fsp3) is 0.217. The number of phenolic OH excluding ortho intramolecular Hbond substituents is 1. The standard InChI is InChI=1S/C23H21N3O4/c1-28-20-8-5-6-15-18-13-17(14-9-10-19(27)21(12-14)29-2)25-26(18)23(30-22(15)20)16-7-3-4-11-24-16/h3-12,18,23,27H,13H2,1-2H3. The summed E-state index contributed by atoms with van der Waals surface area (Å²) in [4.78, 5) is 4.50. The lowest BCUT2D eigenvalue weighted by Crippen LogP contribution is -2.34. The minimum atomic E-state index is -0.475. The van der Waals surface area contributed by atoms with Gasteiger partial charge in [-0.3, -0.25) is 4.98 Å². The third-order valence-corrected chi connectivity index (χ3v) is 5.45. The number of aromatic nitrogens is 1. The Hall–Kier alpha value is -3.74. The molecule has 2 aromatic carbocycles. The van der Waals surface area contributed by atoms with E-state index in [0.717, 1.165) is 28.3 Å². The lowest BCUT2D eigenvalue weighted by molar-refractivity contribution is -0.0236. The lowest BCUT2D eigenvalue weighted by atomic mass is 9.96. The molecule has 0 bridgehead atoms. The van der Waals surface area contributed by atoms with E-state index >= 15 is 0 Å². The maximum Gasteiger partial charge on any atom is 0.230 e. The number of phenols is 1. The van der Waals surface area contributed by atoms with Crippen molar-refractivity contribution in [2.45, 2.75) is 18.7 Å². The number of hydrogen-bond acceptors (Lipinski definition) is 7. The van der Waals surface area contributed by atoms with Crippen molar-refractivity contribution in [3.8, 4) is 23.0 Å². The molecule has 2 unspecified atom stereocenters. The first-order valence-electron chi connectivity index (χ1n) is 9.67. The van der Waals surface area contributed by atoms with Crippen LogP contribution in [0, 0.1) is 0 Å². The number of pyridine rings is 1. The number of aromatic hydroxyl groups is 1. The second-order valence-electron chi connectivity index (χ2n) is 7.14. The summed E-state index contributed by atoms with van der Waals surface area (Å²) in [5.41, 5.74) is 3.57. The topological polar surface area (TPSA) is 76.4 Å². The molecule has 0 aliphatic carbocycles. The van der Waals surface area contributed by atoms with Gasteiger partial charge in [0.2, 0.25) is 6.23 Å². The Labute approximate surface area is 174 Å². The number of benzene rings is 2. The highest BCUT2D eigenvalue weighted by Gasteiger charge is 2.42. The molecule has 7 heteroatoms. The Kier molecular flexibility index (Phi) is 4.43. The summed E-state index contributed by atoms with van der Waals surface area (Å²) >= 11 is 0. The molecule has 5 rings (SSSR count). The zero-order valence-corrected chi connectivity index (χ0v) is 16.6. The van der Waals surface area contributed by atoms with Gasteiger partial charge < -0.3 is 19.3 Å². The summed E-state index contributed by atoms with van der Waals surface area (Å²) in [6.45, 7) is 0. The van der Waals surface area contributed by atoms with E-state index in [1.807, 2.05) is 47.5 Å². The van der Waals surface area contributed by atoms with Crippen LogP contribution in [-0.2, 0) is 0 Å². The van der Waals surface area contributed by atoms with Crippen LogP contribution in [0.25, 0.3) is 0 Å². The molecule has 0 amide bonds. The summed E-state index contributed by atoms with van der Waals surface area (Å²) in [6, 6.07) is 16.9. The van der Waals surface area contributed by atoms with Gasteiger partial charge in [0, 0.05) is 23.7 Å². The molecule has 7 nitrogen and oxygen atoms in total. The molecule has 1 N–H and O–H groups in total. The van der Waals surface area contributed by atoms with Gasteiger partial charge in [0.25, 0.3) is 0 Å². The average molecular weight is 403 g/mol. The number of hydrazone groups is 1. The molecule has 30 heavy (non-hydrogen) atoms. The van der Waals surface area contributed by atoms with E-state index < -0.39 is 6.23 Å². The fourth-order valence-corrected chi connectivity index (χ4v) is 3.99. The van der Waals surface area contributed by atoms with Gasteiger partial charge in [0.15, 0.2) is 23.0 Å². The lowest BCUT2D eigenvalue weighted by Gasteiger charge is -2.38. The Balaban J connectivity index is 1.61. The molecule has 0 fully saturated rings. The molecular formula is C23H21N3O4. The first kappa shape index (κ1) is 18.3. The van der Waals surface area contributed by atoms with Crippen molar-refractivity contribution >= 4 is 5.71 Å². The Morgan fingerprint density at radius 2 is 1.90 bits per heavy atom. The van der Waals surface area contributed by atoms with E-state index in [2.05, 4.69) is 4.98 Å². The summed E-state index contributed by atoms with van der Waals surface area (Å²) in [7, 11) is 3.17. The highest BCUT2D eigenvalue weighted by molar-refractivity contribution is 6.02. The molecule has 0 saturated heterocycles. The number of nitrogens with zero attached hydrogens (tertiary/aromatic N) is 3. The van der Waals surface area contributed by atoms with Crippen molar-refractivity contribution in [1.29, 1.82) is 0 Å². The maximum absolute atomic E-state index is 9.95. The van der Waals surface area contributed by atoms with Crippen LogP contribution >= 0.6 is 0 Å². The number of methoxy groups -OCH3 is 2. The second kappa shape index (κ2) is 7.26. The van der Waals surface area contributed by atoms with Crippen molar-refractivity contribution in [1.82, 2.24) is 9.99 Å². The van der Waals surface area contributed by atoms with Crippen LogP contribution in [0.3, 0.4) is 0 Å². The molecule has 0 radical (unpaired) electrons. The van der Waals surface area contributed by atoms with E-state index in [1.165, 1.54) is 7.11 Å². The van der Waals surface area contributed by atoms with Crippen LogP contribution in [0.2, 0.25) is 0 Å². The molecular weight excluding hydrogens is 382 g/mol. The Morgan fingerprint density at radius 3 is 2.67 bits per heavy atom. The molecule has 2 aliphatic rings. The van der Waals surface area contributed by atoms with Crippen LogP contribution in [0.5, 0.6) is 23.0 Å². The largest absolute Gasteiger partial charge is 0.504 e. The third kappa shape index (κ3) is 2.90. The molecule has 3 aromatic rings. The molecule has 152 valence electrons. The van der Waals surface area contributed by atoms with Crippen LogP contribution in [-0.4, -0.2) is 35.0 Å². The smallest absolute Gasteiger partial charge is 0.230 e. The van der Waals surface area contributed by atoms with Gasteiger partial charge in [-0.05, 0) is 36.4 Å². The van der Waals surface area contributed by atoms with E-state index in [9.17, 15) is 5.11 Å². The number of rotatable bonds is 4. The van der Waals surface area contributed by atoms with Crippen molar-refractivity contribution in [2.75, 3.05) is 14.2 Å². The predicted molar refractivity (Wildman–Crippen MR) is 111 cm³/mol. The quantitative estimate of drug-likeness (QED) is 0.708. The van der Waals surface area contributed by atoms with Gasteiger partial charge >= 0.3 is 0 Å². The number of para-hydroxylation sites is 1. The van der Waals surface area contributed by atoms with E-state index in [1.54, 1.807) is 25.4 Å². The van der Waals surface area contributed by atoms with Crippen LogP contribution < -0.4 is 14.2 Å². The van der Waals surface area contributed by atoms with Crippen LogP contribution in [0.4, 0.5) is 0 Å². The highest BCUT2D eigenvalue weighted by atomic mass is 16.5. The third-order valence-electron chi connectivity index (χ3n) is 5.45. The summed E-state index contributed by atoms with van der Waals surface area (Å²) in [5.74, 6) is 1.92. The van der Waals surface area contributed by atoms with Gasteiger partial charge in [-0.15, -0.1) is 0 Å². The molecule has 1 aromatic heterocycles. The summed E-state index contributed by atoms with van der Waals surface area (Å²) < 4.78 is 17.2. The van der Waals surface area contributed by atoms with Gasteiger partial charge in [-0.25, -0.2) is 5.01 Å². The molecule has 2 atom stereocenters. The molecule has 0 saturated carbocycles. The monoisotopic (exact) mass is 403 g/mol. The minimum Gasteiger partial charge on any atom is -0.504 e. The van der Waals surface area contributed by atoms with E-state index in [4.69, 9.17) is 19.3 Å². The van der Waals surface area contributed by atoms with E-state index in [-0.39, 0.29) is 11.8 Å². The van der Waals surface area contributed by atoms with E-state index in [0.29, 0.717) is 17.9 Å². The molecule has 3 heterocycles. The normalized spacial score (nSPS) is 19.4. The fourth-order valence-electron chi connectivity index (χ4n) is 3.99. The average Bonchev–Trinajstić information content (AvgIpc) is 3.24. The van der Waals surface area contributed by atoms with Crippen LogP contribution in [0.1, 0.15) is 35.5 Å². The van der Waals surface area contributed by atoms with Gasteiger partial charge in [-0.2, -0.15) is 5.10 Å². The molecule has 2 aliphatic heterocycles. The minimum absolute atomic E-state index is 0.0225.